The molecule has 12 heavy (non-hydrogen) atoms. The topological polar surface area (TPSA) is 24.5 Å². The zero-order valence-corrected chi connectivity index (χ0v) is 7.81. The molecule has 0 aliphatic carbocycles. The van der Waals surface area contributed by atoms with Gasteiger partial charge in [-0.05, 0) is 33.0 Å². The molecule has 0 amide bonds. The van der Waals surface area contributed by atoms with E-state index in [0.717, 1.165) is 32.8 Å². The molecule has 0 aromatic carbocycles. The van der Waals surface area contributed by atoms with Crippen molar-refractivity contribution in [3.8, 4) is 0 Å². The Labute approximate surface area is 74.1 Å². The monoisotopic (exact) mass is 170 g/mol. The number of hydrogen-bond acceptors (Lipinski definition) is 3. The van der Waals surface area contributed by atoms with Crippen LogP contribution in [0.25, 0.3) is 0 Å². The standard InChI is InChI=1S/C9H18N2O/c1-11-6-7-12-8-9(11)2-4-10-5-3-9/h10H,2-8H2,1H3. The summed E-state index contributed by atoms with van der Waals surface area (Å²) in [6.45, 7) is 5.23. The molecule has 1 N–H and O–H groups in total. The van der Waals surface area contributed by atoms with Crippen molar-refractivity contribution in [2.24, 2.45) is 0 Å². The lowest BCUT2D eigenvalue weighted by Gasteiger charge is -2.47. The fraction of sp³-hybridized carbons (Fsp3) is 1.00. The fourth-order valence-corrected chi connectivity index (χ4v) is 2.23. The van der Waals surface area contributed by atoms with E-state index in [2.05, 4.69) is 17.3 Å². The number of likely N-dealkylation sites (N-methyl/N-ethyl adjacent to an activating group) is 1. The largest absolute Gasteiger partial charge is 0.378 e. The van der Waals surface area contributed by atoms with Gasteiger partial charge in [0.05, 0.1) is 13.2 Å². The molecule has 2 aliphatic heterocycles. The van der Waals surface area contributed by atoms with Crippen molar-refractivity contribution in [2.75, 3.05) is 39.9 Å². The van der Waals surface area contributed by atoms with Crippen molar-refractivity contribution >= 4 is 0 Å². The maximum Gasteiger partial charge on any atom is 0.0651 e. The van der Waals surface area contributed by atoms with Gasteiger partial charge in [0.25, 0.3) is 0 Å². The van der Waals surface area contributed by atoms with Crippen molar-refractivity contribution in [2.45, 2.75) is 18.4 Å². The van der Waals surface area contributed by atoms with Crippen LogP contribution in [0, 0.1) is 0 Å². The van der Waals surface area contributed by atoms with Crippen LogP contribution in [0.3, 0.4) is 0 Å². The number of hydrogen-bond donors (Lipinski definition) is 1. The molecule has 0 bridgehead atoms. The van der Waals surface area contributed by atoms with Gasteiger partial charge in [-0.2, -0.15) is 0 Å². The summed E-state index contributed by atoms with van der Waals surface area (Å²) in [5, 5.41) is 3.39. The molecule has 0 aromatic heterocycles. The number of piperidine rings is 1. The van der Waals surface area contributed by atoms with Gasteiger partial charge in [-0.15, -0.1) is 0 Å². The van der Waals surface area contributed by atoms with E-state index in [9.17, 15) is 0 Å². The van der Waals surface area contributed by atoms with Crippen molar-refractivity contribution in [3.05, 3.63) is 0 Å². The average Bonchev–Trinajstić information content (AvgIpc) is 2.12. The first kappa shape index (κ1) is 8.48. The number of rotatable bonds is 0. The minimum atomic E-state index is 0.365. The third-order valence-corrected chi connectivity index (χ3v) is 3.29. The highest BCUT2D eigenvalue weighted by Gasteiger charge is 2.38. The Morgan fingerprint density at radius 1 is 1.33 bits per heavy atom. The zero-order valence-electron chi connectivity index (χ0n) is 7.81. The number of nitrogens with zero attached hydrogens (tertiary/aromatic N) is 1. The van der Waals surface area contributed by atoms with Crippen LogP contribution in [-0.4, -0.2) is 50.3 Å². The third kappa shape index (κ3) is 1.37. The minimum Gasteiger partial charge on any atom is -0.378 e. The second kappa shape index (κ2) is 3.32. The predicted octanol–water partition coefficient (Wildman–Crippen LogP) is 0.0706. The van der Waals surface area contributed by atoms with E-state index in [4.69, 9.17) is 4.74 Å². The number of nitrogens with one attached hydrogen (secondary N) is 1. The van der Waals surface area contributed by atoms with E-state index in [1.54, 1.807) is 0 Å². The quantitative estimate of drug-likeness (QED) is 0.557. The van der Waals surface area contributed by atoms with E-state index in [0.29, 0.717) is 5.54 Å². The summed E-state index contributed by atoms with van der Waals surface area (Å²) in [6, 6.07) is 0. The Balaban J connectivity index is 2.04. The van der Waals surface area contributed by atoms with Gasteiger partial charge in [-0.3, -0.25) is 4.90 Å². The summed E-state index contributed by atoms with van der Waals surface area (Å²) < 4.78 is 5.56. The Hall–Kier alpha value is -0.120. The van der Waals surface area contributed by atoms with Crippen molar-refractivity contribution in [1.82, 2.24) is 10.2 Å². The van der Waals surface area contributed by atoms with Gasteiger partial charge in [-0.25, -0.2) is 0 Å². The van der Waals surface area contributed by atoms with Crippen LogP contribution in [0.5, 0.6) is 0 Å². The summed E-state index contributed by atoms with van der Waals surface area (Å²) in [4.78, 5) is 2.48. The molecule has 0 aromatic rings. The summed E-state index contributed by atoms with van der Waals surface area (Å²) >= 11 is 0. The molecule has 1 spiro atoms. The van der Waals surface area contributed by atoms with Gasteiger partial charge in [0.15, 0.2) is 0 Å². The van der Waals surface area contributed by atoms with Crippen molar-refractivity contribution < 1.29 is 4.74 Å². The lowest BCUT2D eigenvalue weighted by molar-refractivity contribution is -0.0694. The Morgan fingerprint density at radius 2 is 2.08 bits per heavy atom. The second-order valence-electron chi connectivity index (χ2n) is 3.95. The van der Waals surface area contributed by atoms with Crippen molar-refractivity contribution in [3.63, 3.8) is 0 Å². The SMILES string of the molecule is CN1CCOCC12CCNCC2. The average molecular weight is 170 g/mol. The molecule has 2 fully saturated rings. The molecule has 2 aliphatic rings. The summed E-state index contributed by atoms with van der Waals surface area (Å²) in [6.07, 6.45) is 2.48. The predicted molar refractivity (Wildman–Crippen MR) is 48.3 cm³/mol. The summed E-state index contributed by atoms with van der Waals surface area (Å²) in [7, 11) is 2.23. The molecule has 0 unspecified atom stereocenters. The molecule has 70 valence electrons. The Morgan fingerprint density at radius 3 is 2.75 bits per heavy atom. The molecule has 2 saturated heterocycles. The molecular formula is C9H18N2O. The van der Waals surface area contributed by atoms with Gasteiger partial charge in [0.2, 0.25) is 0 Å². The van der Waals surface area contributed by atoms with E-state index in [1.807, 2.05) is 0 Å². The number of morpholine rings is 1. The lowest BCUT2D eigenvalue weighted by atomic mass is 9.87. The van der Waals surface area contributed by atoms with E-state index in [-0.39, 0.29) is 0 Å². The van der Waals surface area contributed by atoms with Crippen LogP contribution in [0.4, 0.5) is 0 Å². The highest BCUT2D eigenvalue weighted by atomic mass is 16.5. The molecule has 0 radical (unpaired) electrons. The maximum atomic E-state index is 5.56. The van der Waals surface area contributed by atoms with Gasteiger partial charge < -0.3 is 10.1 Å². The van der Waals surface area contributed by atoms with Crippen LogP contribution in [0.15, 0.2) is 0 Å². The molecule has 2 rings (SSSR count). The third-order valence-electron chi connectivity index (χ3n) is 3.29. The first-order chi connectivity index (χ1) is 5.83. The Kier molecular flexibility index (Phi) is 2.35. The van der Waals surface area contributed by atoms with Crippen molar-refractivity contribution in [1.29, 1.82) is 0 Å². The molecule has 3 heteroatoms. The summed E-state index contributed by atoms with van der Waals surface area (Å²) in [5.74, 6) is 0. The zero-order chi connectivity index (χ0) is 8.44. The van der Waals surface area contributed by atoms with Gasteiger partial charge >= 0.3 is 0 Å². The maximum absolute atomic E-state index is 5.56. The normalized spacial score (nSPS) is 30.8. The first-order valence-corrected chi connectivity index (χ1v) is 4.83. The molecular weight excluding hydrogens is 152 g/mol. The molecule has 0 atom stereocenters. The number of ether oxygens (including phenoxy) is 1. The van der Waals surface area contributed by atoms with Gasteiger partial charge in [0.1, 0.15) is 0 Å². The minimum absolute atomic E-state index is 0.365. The fourth-order valence-electron chi connectivity index (χ4n) is 2.23. The second-order valence-corrected chi connectivity index (χ2v) is 3.95. The van der Waals surface area contributed by atoms with E-state index < -0.39 is 0 Å². The molecule has 0 saturated carbocycles. The Bertz CT molecular complexity index is 146. The first-order valence-electron chi connectivity index (χ1n) is 4.83. The smallest absolute Gasteiger partial charge is 0.0651 e. The van der Waals surface area contributed by atoms with Gasteiger partial charge in [-0.1, -0.05) is 0 Å². The van der Waals surface area contributed by atoms with E-state index >= 15 is 0 Å². The van der Waals surface area contributed by atoms with Crippen LogP contribution in [-0.2, 0) is 4.74 Å². The van der Waals surface area contributed by atoms with Crippen LogP contribution >= 0.6 is 0 Å². The van der Waals surface area contributed by atoms with E-state index in [1.165, 1.54) is 12.8 Å². The highest BCUT2D eigenvalue weighted by molar-refractivity contribution is 4.94. The van der Waals surface area contributed by atoms with Crippen LogP contribution in [0.1, 0.15) is 12.8 Å². The lowest BCUT2D eigenvalue weighted by Crippen LogP contribution is -2.59. The molecule has 3 nitrogen and oxygen atoms in total. The highest BCUT2D eigenvalue weighted by Crippen LogP contribution is 2.27. The van der Waals surface area contributed by atoms with Gasteiger partial charge in [0, 0.05) is 12.1 Å². The van der Waals surface area contributed by atoms with Crippen LogP contribution < -0.4 is 5.32 Å². The summed E-state index contributed by atoms with van der Waals surface area (Å²) in [5.41, 5.74) is 0.365. The van der Waals surface area contributed by atoms with Crippen LogP contribution in [0.2, 0.25) is 0 Å². The molecule has 2 heterocycles.